The fourth-order valence-corrected chi connectivity index (χ4v) is 1.68. The van der Waals surface area contributed by atoms with Gasteiger partial charge in [-0.1, -0.05) is 18.2 Å². The van der Waals surface area contributed by atoms with Crippen molar-refractivity contribution in [2.75, 3.05) is 5.73 Å². The molecule has 0 saturated carbocycles. The zero-order valence-corrected chi connectivity index (χ0v) is 9.06. The van der Waals surface area contributed by atoms with Crippen molar-refractivity contribution in [1.82, 2.24) is 0 Å². The number of nitrogens with zero attached hydrogens (tertiary/aromatic N) is 1. The van der Waals surface area contributed by atoms with Crippen LogP contribution in [-0.2, 0) is 0 Å². The molecule has 0 amide bonds. The van der Waals surface area contributed by atoms with Crippen molar-refractivity contribution in [2.45, 2.75) is 0 Å². The number of nitro benzene ring substituents is 1. The third kappa shape index (κ3) is 1.88. The van der Waals surface area contributed by atoms with Gasteiger partial charge in [0.25, 0.3) is 0 Å². The van der Waals surface area contributed by atoms with Crippen LogP contribution < -0.4 is 5.73 Å². The van der Waals surface area contributed by atoms with E-state index in [1.165, 1.54) is 24.3 Å². The highest BCUT2D eigenvalue weighted by atomic mass is 19.1. The number of nitrogen functional groups attached to an aromatic ring is 1. The second-order valence-corrected chi connectivity index (χ2v) is 3.60. The first-order chi connectivity index (χ1) is 8.52. The molecule has 0 atom stereocenters. The molecule has 0 aromatic heterocycles. The summed E-state index contributed by atoms with van der Waals surface area (Å²) < 4.78 is 27.5. The van der Waals surface area contributed by atoms with Crippen LogP contribution in [0.3, 0.4) is 0 Å². The van der Waals surface area contributed by atoms with Gasteiger partial charge in [-0.05, 0) is 12.1 Å². The van der Waals surface area contributed by atoms with E-state index in [-0.39, 0.29) is 16.8 Å². The molecule has 2 N–H and O–H groups in total. The Kier molecular flexibility index (Phi) is 2.93. The summed E-state index contributed by atoms with van der Waals surface area (Å²) in [6, 6.07) is 7.43. The van der Waals surface area contributed by atoms with Crippen molar-refractivity contribution in [3.63, 3.8) is 0 Å². The van der Waals surface area contributed by atoms with Crippen LogP contribution in [0.2, 0.25) is 0 Å². The zero-order valence-electron chi connectivity index (χ0n) is 9.06. The summed E-state index contributed by atoms with van der Waals surface area (Å²) in [4.78, 5) is 9.75. The largest absolute Gasteiger partial charge is 0.398 e. The SMILES string of the molecule is Nc1cccc(F)c1-c1cccc([N+](=O)[O-])c1F. The third-order valence-electron chi connectivity index (χ3n) is 2.49. The van der Waals surface area contributed by atoms with Crippen LogP contribution in [-0.4, -0.2) is 4.92 Å². The first kappa shape index (κ1) is 12.0. The average Bonchev–Trinajstić information content (AvgIpc) is 2.30. The van der Waals surface area contributed by atoms with Crippen molar-refractivity contribution in [3.8, 4) is 11.1 Å². The molecule has 0 radical (unpaired) electrons. The van der Waals surface area contributed by atoms with Gasteiger partial charge in [-0.15, -0.1) is 0 Å². The van der Waals surface area contributed by atoms with Crippen molar-refractivity contribution in [2.24, 2.45) is 0 Å². The highest BCUT2D eigenvalue weighted by molar-refractivity contribution is 5.78. The lowest BCUT2D eigenvalue weighted by Crippen LogP contribution is -1.98. The van der Waals surface area contributed by atoms with Gasteiger partial charge < -0.3 is 5.73 Å². The summed E-state index contributed by atoms with van der Waals surface area (Å²) in [6.07, 6.45) is 0. The van der Waals surface area contributed by atoms with E-state index < -0.39 is 22.2 Å². The number of halogens is 2. The molecule has 92 valence electrons. The van der Waals surface area contributed by atoms with Crippen LogP contribution in [0.1, 0.15) is 0 Å². The summed E-state index contributed by atoms with van der Waals surface area (Å²) >= 11 is 0. The lowest BCUT2D eigenvalue weighted by Gasteiger charge is -2.08. The van der Waals surface area contributed by atoms with Gasteiger partial charge in [0.2, 0.25) is 5.82 Å². The van der Waals surface area contributed by atoms with Gasteiger partial charge in [-0.3, -0.25) is 10.1 Å². The van der Waals surface area contributed by atoms with E-state index in [9.17, 15) is 18.9 Å². The van der Waals surface area contributed by atoms with Gasteiger partial charge in [0.05, 0.1) is 4.92 Å². The highest BCUT2D eigenvalue weighted by Gasteiger charge is 2.21. The molecule has 2 rings (SSSR count). The zero-order chi connectivity index (χ0) is 13.3. The van der Waals surface area contributed by atoms with Gasteiger partial charge in [-0.25, -0.2) is 4.39 Å². The molecule has 0 aliphatic carbocycles. The average molecular weight is 250 g/mol. The fourth-order valence-electron chi connectivity index (χ4n) is 1.68. The summed E-state index contributed by atoms with van der Waals surface area (Å²) in [5, 5.41) is 10.6. The first-order valence-electron chi connectivity index (χ1n) is 4.99. The maximum atomic E-state index is 13.9. The first-order valence-corrected chi connectivity index (χ1v) is 4.99. The Balaban J connectivity index is 2.73. The number of nitro groups is 1. The second-order valence-electron chi connectivity index (χ2n) is 3.60. The highest BCUT2D eigenvalue weighted by Crippen LogP contribution is 2.34. The van der Waals surface area contributed by atoms with E-state index in [0.29, 0.717) is 0 Å². The minimum Gasteiger partial charge on any atom is -0.398 e. The molecule has 18 heavy (non-hydrogen) atoms. The maximum absolute atomic E-state index is 13.9. The second kappa shape index (κ2) is 4.40. The number of hydrogen-bond donors (Lipinski definition) is 1. The molecule has 0 aliphatic heterocycles. The van der Waals surface area contributed by atoms with Gasteiger partial charge in [-0.2, -0.15) is 4.39 Å². The van der Waals surface area contributed by atoms with Crippen molar-refractivity contribution in [1.29, 1.82) is 0 Å². The minimum atomic E-state index is -1.10. The Morgan fingerprint density at radius 2 is 1.78 bits per heavy atom. The Bertz CT molecular complexity index is 609. The molecule has 0 spiro atoms. The van der Waals surface area contributed by atoms with Crippen LogP contribution in [0, 0.1) is 21.7 Å². The monoisotopic (exact) mass is 250 g/mol. The van der Waals surface area contributed by atoms with Gasteiger partial charge in [0, 0.05) is 22.9 Å². The summed E-state index contributed by atoms with van der Waals surface area (Å²) in [7, 11) is 0. The lowest BCUT2D eigenvalue weighted by molar-refractivity contribution is -0.387. The lowest BCUT2D eigenvalue weighted by atomic mass is 10.0. The number of benzene rings is 2. The van der Waals surface area contributed by atoms with Gasteiger partial charge in [0.15, 0.2) is 0 Å². The van der Waals surface area contributed by atoms with Crippen molar-refractivity contribution < 1.29 is 13.7 Å². The molecule has 2 aromatic rings. The molecular formula is C12H8F2N2O2. The van der Waals surface area contributed by atoms with E-state index in [1.807, 2.05) is 0 Å². The number of hydrogen-bond acceptors (Lipinski definition) is 3. The number of nitrogens with two attached hydrogens (primary N) is 1. The van der Waals surface area contributed by atoms with Gasteiger partial charge >= 0.3 is 5.69 Å². The number of anilines is 1. The van der Waals surface area contributed by atoms with Gasteiger partial charge in [0.1, 0.15) is 5.82 Å². The molecule has 0 saturated heterocycles. The van der Waals surface area contributed by atoms with Crippen LogP contribution in [0.15, 0.2) is 36.4 Å². The predicted molar refractivity (Wildman–Crippen MR) is 62.9 cm³/mol. The Morgan fingerprint density at radius 3 is 2.39 bits per heavy atom. The molecule has 0 bridgehead atoms. The molecule has 0 aliphatic rings. The molecule has 0 heterocycles. The molecule has 0 unspecified atom stereocenters. The van der Waals surface area contributed by atoms with Crippen molar-refractivity contribution in [3.05, 3.63) is 58.1 Å². The van der Waals surface area contributed by atoms with Crippen LogP contribution in [0.25, 0.3) is 11.1 Å². The van der Waals surface area contributed by atoms with E-state index in [2.05, 4.69) is 0 Å². The fraction of sp³-hybridized carbons (Fsp3) is 0. The molecular weight excluding hydrogens is 242 g/mol. The van der Waals surface area contributed by atoms with E-state index in [0.717, 1.165) is 12.1 Å². The molecule has 4 nitrogen and oxygen atoms in total. The Morgan fingerprint density at radius 1 is 1.11 bits per heavy atom. The Labute approximate surface area is 101 Å². The maximum Gasteiger partial charge on any atom is 0.305 e. The molecule has 2 aromatic carbocycles. The third-order valence-corrected chi connectivity index (χ3v) is 2.49. The van der Waals surface area contributed by atoms with Crippen LogP contribution in [0.5, 0.6) is 0 Å². The molecule has 0 fully saturated rings. The Hall–Kier alpha value is -2.50. The quantitative estimate of drug-likeness (QED) is 0.505. The smallest absolute Gasteiger partial charge is 0.305 e. The standard InChI is InChI=1S/C12H8F2N2O2/c13-8-4-2-5-9(15)11(8)7-3-1-6-10(12(7)14)16(17)18/h1-6H,15H2. The van der Waals surface area contributed by atoms with E-state index in [1.54, 1.807) is 0 Å². The normalized spacial score (nSPS) is 10.3. The van der Waals surface area contributed by atoms with Crippen LogP contribution in [0.4, 0.5) is 20.2 Å². The molecule has 6 heteroatoms. The minimum absolute atomic E-state index is 0.0226. The van der Waals surface area contributed by atoms with E-state index >= 15 is 0 Å². The number of rotatable bonds is 2. The predicted octanol–water partition coefficient (Wildman–Crippen LogP) is 3.12. The summed E-state index contributed by atoms with van der Waals surface area (Å²) in [5.41, 5.74) is 4.49. The van der Waals surface area contributed by atoms with Crippen molar-refractivity contribution >= 4 is 11.4 Å². The summed E-state index contributed by atoms with van der Waals surface area (Å²) in [5.74, 6) is -1.83. The summed E-state index contributed by atoms with van der Waals surface area (Å²) in [6.45, 7) is 0. The topological polar surface area (TPSA) is 69.2 Å². The van der Waals surface area contributed by atoms with Crippen LogP contribution >= 0.6 is 0 Å². The van der Waals surface area contributed by atoms with E-state index in [4.69, 9.17) is 5.73 Å².